The molecule has 0 saturated carbocycles. The number of hydrogen-bond acceptors (Lipinski definition) is 1. The van der Waals surface area contributed by atoms with E-state index in [-0.39, 0.29) is 6.04 Å². The van der Waals surface area contributed by atoms with Crippen molar-refractivity contribution in [1.82, 2.24) is 0 Å². The maximum Gasteiger partial charge on any atom is 0.0409 e. The molecule has 1 aliphatic carbocycles. The molecule has 0 amide bonds. The van der Waals surface area contributed by atoms with Crippen LogP contribution in [0.1, 0.15) is 36.4 Å². The highest BCUT2D eigenvalue weighted by atomic mass is 35.5. The van der Waals surface area contributed by atoms with Crippen LogP contribution < -0.4 is 5.73 Å². The van der Waals surface area contributed by atoms with Crippen molar-refractivity contribution in [3.63, 3.8) is 0 Å². The molecule has 1 aromatic carbocycles. The molecule has 1 aromatic rings. The second-order valence-electron chi connectivity index (χ2n) is 3.70. The summed E-state index contributed by atoms with van der Waals surface area (Å²) < 4.78 is 0. The Balaban J connectivity index is 2.43. The lowest BCUT2D eigenvalue weighted by atomic mass is 10.00. The van der Waals surface area contributed by atoms with Gasteiger partial charge >= 0.3 is 0 Å². The minimum Gasteiger partial charge on any atom is -0.324 e. The molecule has 0 aromatic heterocycles. The molecule has 0 saturated heterocycles. The van der Waals surface area contributed by atoms with E-state index in [0.717, 1.165) is 17.9 Å². The molecule has 0 bridgehead atoms. The maximum atomic E-state index is 6.06. The van der Waals surface area contributed by atoms with Gasteiger partial charge in [0, 0.05) is 11.1 Å². The molecule has 0 aliphatic heterocycles. The predicted octanol–water partition coefficient (Wildman–Crippen LogP) is 3.07. The summed E-state index contributed by atoms with van der Waals surface area (Å²) in [5.41, 5.74) is 8.69. The number of fused-ring (bicyclic) bond motifs is 1. The van der Waals surface area contributed by atoms with E-state index in [1.165, 1.54) is 24.0 Å². The van der Waals surface area contributed by atoms with Gasteiger partial charge in [0.05, 0.1) is 0 Å². The van der Waals surface area contributed by atoms with Gasteiger partial charge in [0.25, 0.3) is 0 Å². The normalized spacial score (nSPS) is 22.2. The fraction of sp³-hybridized carbons (Fsp3) is 0.455. The fourth-order valence-corrected chi connectivity index (χ4v) is 2.15. The predicted molar refractivity (Wildman–Crippen MR) is 55.9 cm³/mol. The van der Waals surface area contributed by atoms with Gasteiger partial charge in [-0.3, -0.25) is 0 Å². The maximum absolute atomic E-state index is 6.06. The van der Waals surface area contributed by atoms with Crippen molar-refractivity contribution in [2.75, 3.05) is 0 Å². The van der Waals surface area contributed by atoms with Gasteiger partial charge in [0.2, 0.25) is 0 Å². The van der Waals surface area contributed by atoms with Gasteiger partial charge in [-0.25, -0.2) is 0 Å². The zero-order valence-corrected chi connectivity index (χ0v) is 8.35. The Bertz CT molecular complexity index is 309. The SMILES string of the molecule is N[C@H]1CCCCc2ccc(Cl)cc21. The smallest absolute Gasteiger partial charge is 0.0409 e. The minimum absolute atomic E-state index is 0.191. The van der Waals surface area contributed by atoms with Crippen LogP contribution in [0.4, 0.5) is 0 Å². The number of rotatable bonds is 0. The number of halogens is 1. The number of hydrogen-bond donors (Lipinski definition) is 1. The van der Waals surface area contributed by atoms with E-state index >= 15 is 0 Å². The lowest BCUT2D eigenvalue weighted by Gasteiger charge is -2.12. The molecule has 2 N–H and O–H groups in total. The summed E-state index contributed by atoms with van der Waals surface area (Å²) >= 11 is 5.94. The van der Waals surface area contributed by atoms with Gasteiger partial charge in [-0.05, 0) is 42.5 Å². The second-order valence-corrected chi connectivity index (χ2v) is 4.13. The summed E-state index contributed by atoms with van der Waals surface area (Å²) in [5, 5.41) is 0.802. The largest absolute Gasteiger partial charge is 0.324 e. The number of aryl methyl sites for hydroxylation is 1. The molecule has 70 valence electrons. The average molecular weight is 196 g/mol. The molecule has 2 heteroatoms. The third-order valence-electron chi connectivity index (χ3n) is 2.72. The third kappa shape index (κ3) is 1.87. The first-order valence-electron chi connectivity index (χ1n) is 4.81. The van der Waals surface area contributed by atoms with Crippen LogP contribution >= 0.6 is 11.6 Å². The Morgan fingerprint density at radius 1 is 1.31 bits per heavy atom. The summed E-state index contributed by atoms with van der Waals surface area (Å²) in [6, 6.07) is 6.28. The van der Waals surface area contributed by atoms with Gasteiger partial charge in [-0.2, -0.15) is 0 Å². The van der Waals surface area contributed by atoms with E-state index in [1.54, 1.807) is 0 Å². The van der Waals surface area contributed by atoms with Crippen LogP contribution in [-0.4, -0.2) is 0 Å². The van der Waals surface area contributed by atoms with Crippen molar-refractivity contribution in [2.24, 2.45) is 5.73 Å². The molecule has 0 fully saturated rings. The van der Waals surface area contributed by atoms with E-state index in [0.29, 0.717) is 0 Å². The topological polar surface area (TPSA) is 26.0 Å². The summed E-state index contributed by atoms with van der Waals surface area (Å²) in [6.45, 7) is 0. The molecular formula is C11H14ClN. The van der Waals surface area contributed by atoms with E-state index in [4.69, 9.17) is 17.3 Å². The average Bonchev–Trinajstić information content (AvgIpc) is 2.29. The third-order valence-corrected chi connectivity index (χ3v) is 2.95. The molecule has 13 heavy (non-hydrogen) atoms. The molecule has 1 nitrogen and oxygen atoms in total. The highest BCUT2D eigenvalue weighted by molar-refractivity contribution is 6.30. The van der Waals surface area contributed by atoms with Crippen LogP contribution in [0, 0.1) is 0 Å². The van der Waals surface area contributed by atoms with Crippen LogP contribution in [0.15, 0.2) is 18.2 Å². The lowest BCUT2D eigenvalue weighted by molar-refractivity contribution is 0.615. The van der Waals surface area contributed by atoms with Crippen molar-refractivity contribution in [1.29, 1.82) is 0 Å². The van der Waals surface area contributed by atoms with Crippen molar-refractivity contribution in [3.8, 4) is 0 Å². The molecule has 1 atom stereocenters. The quantitative estimate of drug-likeness (QED) is 0.633. The van der Waals surface area contributed by atoms with E-state index < -0.39 is 0 Å². The summed E-state index contributed by atoms with van der Waals surface area (Å²) in [5.74, 6) is 0. The molecule has 0 spiro atoms. The van der Waals surface area contributed by atoms with E-state index in [2.05, 4.69) is 6.07 Å². The monoisotopic (exact) mass is 195 g/mol. The zero-order valence-electron chi connectivity index (χ0n) is 7.59. The molecule has 2 rings (SSSR count). The van der Waals surface area contributed by atoms with Crippen LogP contribution in [0.5, 0.6) is 0 Å². The molecular weight excluding hydrogens is 182 g/mol. The van der Waals surface area contributed by atoms with Crippen molar-refractivity contribution >= 4 is 11.6 Å². The summed E-state index contributed by atoms with van der Waals surface area (Å²) in [6.07, 6.45) is 4.73. The first-order chi connectivity index (χ1) is 6.27. The Kier molecular flexibility index (Phi) is 2.56. The van der Waals surface area contributed by atoms with Gasteiger partial charge in [0.1, 0.15) is 0 Å². The lowest BCUT2D eigenvalue weighted by Crippen LogP contribution is -2.10. The second kappa shape index (κ2) is 3.69. The standard InChI is InChI=1S/C11H14ClN/c12-9-6-5-8-3-1-2-4-11(13)10(8)7-9/h5-7,11H,1-4,13H2/t11-/m0/s1. The Morgan fingerprint density at radius 3 is 3.00 bits per heavy atom. The van der Waals surface area contributed by atoms with Gasteiger partial charge < -0.3 is 5.73 Å². The van der Waals surface area contributed by atoms with Crippen LogP contribution in [-0.2, 0) is 6.42 Å². The first kappa shape index (κ1) is 9.04. The van der Waals surface area contributed by atoms with E-state index in [1.807, 2.05) is 12.1 Å². The van der Waals surface area contributed by atoms with E-state index in [9.17, 15) is 0 Å². The Morgan fingerprint density at radius 2 is 2.15 bits per heavy atom. The van der Waals surface area contributed by atoms with Crippen molar-refractivity contribution in [3.05, 3.63) is 34.3 Å². The first-order valence-corrected chi connectivity index (χ1v) is 5.19. The van der Waals surface area contributed by atoms with Gasteiger partial charge in [-0.15, -0.1) is 0 Å². The molecule has 0 radical (unpaired) electrons. The van der Waals surface area contributed by atoms with Crippen LogP contribution in [0.3, 0.4) is 0 Å². The fourth-order valence-electron chi connectivity index (χ4n) is 1.97. The molecule has 1 aliphatic rings. The van der Waals surface area contributed by atoms with Crippen LogP contribution in [0.2, 0.25) is 5.02 Å². The Labute approximate surface area is 83.9 Å². The highest BCUT2D eigenvalue weighted by Crippen LogP contribution is 2.28. The number of benzene rings is 1. The highest BCUT2D eigenvalue weighted by Gasteiger charge is 2.14. The summed E-state index contributed by atoms with van der Waals surface area (Å²) in [4.78, 5) is 0. The van der Waals surface area contributed by atoms with Crippen molar-refractivity contribution in [2.45, 2.75) is 31.7 Å². The Hall–Kier alpha value is -0.530. The molecule has 0 unspecified atom stereocenters. The van der Waals surface area contributed by atoms with Gasteiger partial charge in [-0.1, -0.05) is 24.1 Å². The van der Waals surface area contributed by atoms with Gasteiger partial charge in [0.15, 0.2) is 0 Å². The van der Waals surface area contributed by atoms with Crippen molar-refractivity contribution < 1.29 is 0 Å². The van der Waals surface area contributed by atoms with Crippen LogP contribution in [0.25, 0.3) is 0 Å². The number of nitrogens with two attached hydrogens (primary N) is 1. The minimum atomic E-state index is 0.191. The summed E-state index contributed by atoms with van der Waals surface area (Å²) in [7, 11) is 0. The molecule has 0 heterocycles. The zero-order chi connectivity index (χ0) is 9.26.